The Balaban J connectivity index is 1.76. The summed E-state index contributed by atoms with van der Waals surface area (Å²) in [4.78, 5) is 18.0. The summed E-state index contributed by atoms with van der Waals surface area (Å²) in [6.45, 7) is 2.12. The molecule has 1 aromatic heterocycles. The van der Waals surface area contributed by atoms with E-state index in [-0.39, 0.29) is 11.9 Å². The Morgan fingerprint density at radius 1 is 1.44 bits per heavy atom. The van der Waals surface area contributed by atoms with Crippen LogP contribution in [0.5, 0.6) is 0 Å². The fourth-order valence-electron chi connectivity index (χ4n) is 3.13. The molecule has 1 aliphatic heterocycles. The molecule has 6 nitrogen and oxygen atoms in total. The third kappa shape index (κ3) is 4.01. The zero-order chi connectivity index (χ0) is 17.8. The fourth-order valence-corrected chi connectivity index (χ4v) is 3.30. The molecule has 1 aromatic carbocycles. The average Bonchev–Trinajstić information content (AvgIpc) is 2.63. The molecule has 130 valence electrons. The third-order valence-electron chi connectivity index (χ3n) is 4.53. The second-order valence-corrected chi connectivity index (χ2v) is 6.62. The largest absolute Gasteiger partial charge is 0.381 e. The molecule has 0 saturated carbocycles. The summed E-state index contributed by atoms with van der Waals surface area (Å²) in [6.07, 6.45) is 3.41. The van der Waals surface area contributed by atoms with E-state index in [0.717, 1.165) is 42.5 Å². The number of rotatable bonds is 4. The van der Waals surface area contributed by atoms with Gasteiger partial charge in [0.1, 0.15) is 6.07 Å². The van der Waals surface area contributed by atoms with Gasteiger partial charge in [0.2, 0.25) is 5.91 Å². The van der Waals surface area contributed by atoms with Crippen molar-refractivity contribution >= 4 is 34.1 Å². The number of carbonyl (C=O) groups excluding carboxylic acids is 1. The maximum absolute atomic E-state index is 11.5. The van der Waals surface area contributed by atoms with Gasteiger partial charge in [0, 0.05) is 42.8 Å². The van der Waals surface area contributed by atoms with Gasteiger partial charge >= 0.3 is 0 Å². The molecule has 0 bridgehead atoms. The number of pyridine rings is 1. The second-order valence-electron chi connectivity index (χ2n) is 6.19. The molecular formula is C18H20ClN5O. The number of hydrogen-bond donors (Lipinski definition) is 2. The Morgan fingerprint density at radius 3 is 2.88 bits per heavy atom. The third-order valence-corrected chi connectivity index (χ3v) is 4.77. The number of amides is 1. The molecule has 7 heteroatoms. The summed E-state index contributed by atoms with van der Waals surface area (Å²) in [5, 5.41) is 17.1. The van der Waals surface area contributed by atoms with Crippen LogP contribution in [0.1, 0.15) is 18.4 Å². The number of piperidine rings is 1. The van der Waals surface area contributed by atoms with E-state index in [4.69, 9.17) is 11.6 Å². The minimum Gasteiger partial charge on any atom is -0.381 e. The maximum Gasteiger partial charge on any atom is 0.233 e. The van der Waals surface area contributed by atoms with E-state index in [0.29, 0.717) is 17.1 Å². The average molecular weight is 358 g/mol. The fraction of sp³-hybridized carbons (Fsp3) is 0.389. The standard InChI is InChI=1S/C18H20ClN5O/c1-21-17(25)11-24-6-4-14(5-7-24)23-18-12(9-20)10-22-16-3-2-13(19)8-15(16)18/h2-3,8,10,14H,4-7,11H2,1H3,(H,21,25)(H,22,23). The Morgan fingerprint density at radius 2 is 2.20 bits per heavy atom. The monoisotopic (exact) mass is 357 g/mol. The van der Waals surface area contributed by atoms with E-state index in [2.05, 4.69) is 26.6 Å². The van der Waals surface area contributed by atoms with Crippen molar-refractivity contribution in [2.45, 2.75) is 18.9 Å². The molecule has 2 aromatic rings. The van der Waals surface area contributed by atoms with Crippen LogP contribution in [0.25, 0.3) is 10.9 Å². The summed E-state index contributed by atoms with van der Waals surface area (Å²) in [5.74, 6) is 0.0351. The second kappa shape index (κ2) is 7.68. The van der Waals surface area contributed by atoms with Gasteiger partial charge in [-0.2, -0.15) is 5.26 Å². The first-order valence-corrected chi connectivity index (χ1v) is 8.66. The molecule has 0 spiro atoms. The summed E-state index contributed by atoms with van der Waals surface area (Å²) in [5.41, 5.74) is 2.12. The van der Waals surface area contributed by atoms with Crippen LogP contribution in [0.3, 0.4) is 0 Å². The zero-order valence-electron chi connectivity index (χ0n) is 14.1. The molecule has 0 unspecified atom stereocenters. The van der Waals surface area contributed by atoms with Crippen LogP contribution in [0.4, 0.5) is 5.69 Å². The smallest absolute Gasteiger partial charge is 0.233 e. The van der Waals surface area contributed by atoms with E-state index in [1.54, 1.807) is 19.3 Å². The van der Waals surface area contributed by atoms with Crippen LogP contribution in [0, 0.1) is 11.3 Å². The molecule has 1 fully saturated rings. The van der Waals surface area contributed by atoms with Crippen molar-refractivity contribution in [1.29, 1.82) is 5.26 Å². The normalized spacial score (nSPS) is 15.7. The minimum absolute atomic E-state index is 0.0351. The number of hydrogen-bond acceptors (Lipinski definition) is 5. The number of benzene rings is 1. The highest BCUT2D eigenvalue weighted by atomic mass is 35.5. The predicted molar refractivity (Wildman–Crippen MR) is 98.6 cm³/mol. The van der Waals surface area contributed by atoms with Gasteiger partial charge in [0.25, 0.3) is 0 Å². The number of nitrogens with one attached hydrogen (secondary N) is 2. The van der Waals surface area contributed by atoms with Gasteiger partial charge in [-0.25, -0.2) is 0 Å². The first kappa shape index (κ1) is 17.5. The van der Waals surface area contributed by atoms with Crippen LogP contribution < -0.4 is 10.6 Å². The first-order valence-electron chi connectivity index (χ1n) is 8.28. The van der Waals surface area contributed by atoms with Gasteiger partial charge in [-0.1, -0.05) is 11.6 Å². The number of likely N-dealkylation sites (N-methyl/N-ethyl adjacent to an activating group) is 1. The van der Waals surface area contributed by atoms with E-state index in [9.17, 15) is 10.1 Å². The molecular weight excluding hydrogens is 338 g/mol. The Kier molecular flexibility index (Phi) is 5.37. The molecule has 2 N–H and O–H groups in total. The lowest BCUT2D eigenvalue weighted by Gasteiger charge is -2.32. The van der Waals surface area contributed by atoms with Crippen LogP contribution in [0.15, 0.2) is 24.4 Å². The molecule has 1 aliphatic rings. The van der Waals surface area contributed by atoms with Gasteiger partial charge < -0.3 is 10.6 Å². The van der Waals surface area contributed by atoms with Crippen molar-refractivity contribution in [3.63, 3.8) is 0 Å². The van der Waals surface area contributed by atoms with Gasteiger partial charge in [0.15, 0.2) is 0 Å². The number of halogens is 1. The number of fused-ring (bicyclic) bond motifs is 1. The van der Waals surface area contributed by atoms with E-state index >= 15 is 0 Å². The predicted octanol–water partition coefficient (Wildman–Crippen LogP) is 2.38. The number of nitrogens with zero attached hydrogens (tertiary/aromatic N) is 3. The molecule has 0 radical (unpaired) electrons. The van der Waals surface area contributed by atoms with Crippen molar-refractivity contribution in [2.75, 3.05) is 32.0 Å². The van der Waals surface area contributed by atoms with Gasteiger partial charge in [-0.15, -0.1) is 0 Å². The molecule has 1 amide bonds. The number of carbonyl (C=O) groups is 1. The van der Waals surface area contributed by atoms with Crippen molar-refractivity contribution in [3.8, 4) is 6.07 Å². The molecule has 3 rings (SSSR count). The Bertz CT molecular complexity index is 824. The lowest BCUT2D eigenvalue weighted by molar-refractivity contribution is -0.122. The molecule has 25 heavy (non-hydrogen) atoms. The van der Waals surface area contributed by atoms with Crippen molar-refractivity contribution in [2.24, 2.45) is 0 Å². The number of nitriles is 1. The van der Waals surface area contributed by atoms with Gasteiger partial charge in [0.05, 0.1) is 23.3 Å². The summed E-state index contributed by atoms with van der Waals surface area (Å²) in [7, 11) is 1.65. The number of aromatic nitrogens is 1. The highest BCUT2D eigenvalue weighted by Crippen LogP contribution is 2.30. The molecule has 0 aliphatic carbocycles. The van der Waals surface area contributed by atoms with E-state index < -0.39 is 0 Å². The number of likely N-dealkylation sites (tertiary alicyclic amines) is 1. The lowest BCUT2D eigenvalue weighted by Crippen LogP contribution is -2.43. The Labute approximate surface area is 151 Å². The van der Waals surface area contributed by atoms with E-state index in [1.807, 2.05) is 12.1 Å². The minimum atomic E-state index is 0.0351. The summed E-state index contributed by atoms with van der Waals surface area (Å²) >= 11 is 6.13. The highest BCUT2D eigenvalue weighted by Gasteiger charge is 2.22. The first-order chi connectivity index (χ1) is 12.1. The molecule has 1 saturated heterocycles. The van der Waals surface area contributed by atoms with Crippen molar-refractivity contribution in [1.82, 2.24) is 15.2 Å². The molecule has 0 atom stereocenters. The Hall–Kier alpha value is -2.36. The lowest BCUT2D eigenvalue weighted by atomic mass is 10.0. The van der Waals surface area contributed by atoms with Crippen LogP contribution >= 0.6 is 11.6 Å². The van der Waals surface area contributed by atoms with Crippen LogP contribution in [-0.2, 0) is 4.79 Å². The number of anilines is 1. The van der Waals surface area contributed by atoms with Crippen LogP contribution in [0.2, 0.25) is 5.02 Å². The summed E-state index contributed by atoms with van der Waals surface area (Å²) in [6, 6.07) is 7.95. The maximum atomic E-state index is 11.5. The van der Waals surface area contributed by atoms with Gasteiger partial charge in [-0.3, -0.25) is 14.7 Å². The zero-order valence-corrected chi connectivity index (χ0v) is 14.8. The van der Waals surface area contributed by atoms with Crippen LogP contribution in [-0.4, -0.2) is 48.5 Å². The SMILES string of the molecule is CNC(=O)CN1CCC(Nc2c(C#N)cnc3ccc(Cl)cc23)CC1. The van der Waals surface area contributed by atoms with E-state index in [1.165, 1.54) is 0 Å². The van der Waals surface area contributed by atoms with Gasteiger partial charge in [-0.05, 0) is 31.0 Å². The topological polar surface area (TPSA) is 81.0 Å². The summed E-state index contributed by atoms with van der Waals surface area (Å²) < 4.78 is 0. The molecule has 2 heterocycles. The highest BCUT2D eigenvalue weighted by molar-refractivity contribution is 6.31. The van der Waals surface area contributed by atoms with Crippen molar-refractivity contribution in [3.05, 3.63) is 35.0 Å². The quantitative estimate of drug-likeness (QED) is 0.878. The van der Waals surface area contributed by atoms with Crippen molar-refractivity contribution < 1.29 is 4.79 Å².